The number of benzene rings is 1. The largest absolute Gasteiger partial charge is 0.333 e. The first kappa shape index (κ1) is 16.3. The fraction of sp³-hybridized carbons (Fsp3) is 0.588. The van der Waals surface area contributed by atoms with Gasteiger partial charge in [-0.25, -0.2) is 0 Å². The molecule has 2 rings (SSSR count). The average Bonchev–Trinajstić information content (AvgIpc) is 2.44. The number of nitrogens with one attached hydrogen (secondary N) is 1. The summed E-state index contributed by atoms with van der Waals surface area (Å²) < 4.78 is 0. The van der Waals surface area contributed by atoms with Crippen molar-refractivity contribution in [2.45, 2.75) is 39.7 Å². The zero-order valence-electron chi connectivity index (χ0n) is 13.2. The molecule has 116 valence electrons. The molecule has 1 aromatic rings. The first-order valence-corrected chi connectivity index (χ1v) is 8.01. The van der Waals surface area contributed by atoms with Crippen molar-refractivity contribution >= 4 is 17.5 Å². The van der Waals surface area contributed by atoms with E-state index in [4.69, 9.17) is 11.6 Å². The van der Waals surface area contributed by atoms with Crippen molar-refractivity contribution in [1.82, 2.24) is 10.2 Å². The molecule has 1 aliphatic heterocycles. The average molecular weight is 309 g/mol. The Morgan fingerprint density at radius 2 is 2.10 bits per heavy atom. The lowest BCUT2D eigenvalue weighted by Gasteiger charge is -2.37. The predicted octanol–water partition coefficient (Wildman–Crippen LogP) is 3.64. The minimum atomic E-state index is 0.0416. The number of nitrogens with zero attached hydrogens (tertiary/aromatic N) is 1. The second-order valence-corrected chi connectivity index (χ2v) is 7.30. The number of hydrogen-bond donors (Lipinski definition) is 1. The van der Waals surface area contributed by atoms with E-state index in [-0.39, 0.29) is 17.4 Å². The lowest BCUT2D eigenvalue weighted by molar-refractivity contribution is -0.135. The van der Waals surface area contributed by atoms with Gasteiger partial charge >= 0.3 is 0 Å². The molecule has 0 aromatic heterocycles. The van der Waals surface area contributed by atoms with E-state index >= 15 is 0 Å². The lowest BCUT2D eigenvalue weighted by Crippen LogP contribution is -2.48. The number of amides is 1. The van der Waals surface area contributed by atoms with E-state index in [0.29, 0.717) is 6.42 Å². The highest BCUT2D eigenvalue weighted by Crippen LogP contribution is 2.30. The van der Waals surface area contributed by atoms with E-state index in [1.54, 1.807) is 0 Å². The Morgan fingerprint density at radius 3 is 2.76 bits per heavy atom. The number of piperazine rings is 1. The van der Waals surface area contributed by atoms with Crippen LogP contribution >= 0.6 is 11.6 Å². The summed E-state index contributed by atoms with van der Waals surface area (Å²) in [5.41, 5.74) is 1.22. The molecule has 0 saturated carbocycles. The van der Waals surface area contributed by atoms with E-state index in [1.165, 1.54) is 0 Å². The number of carbonyl (C=O) groups excluding carboxylic acids is 1. The second-order valence-electron chi connectivity index (χ2n) is 6.89. The molecule has 0 spiro atoms. The fourth-order valence-corrected chi connectivity index (χ4v) is 2.91. The summed E-state index contributed by atoms with van der Waals surface area (Å²) >= 11 is 6.31. The van der Waals surface area contributed by atoms with Crippen LogP contribution in [0, 0.1) is 5.41 Å². The molecule has 1 atom stereocenters. The topological polar surface area (TPSA) is 32.3 Å². The Morgan fingerprint density at radius 1 is 1.38 bits per heavy atom. The molecule has 1 unspecified atom stereocenters. The minimum Gasteiger partial charge on any atom is -0.333 e. The van der Waals surface area contributed by atoms with Crippen LogP contribution in [0.15, 0.2) is 24.3 Å². The van der Waals surface area contributed by atoms with Gasteiger partial charge in [0.05, 0.1) is 6.04 Å². The first-order valence-electron chi connectivity index (χ1n) is 7.63. The van der Waals surface area contributed by atoms with Crippen molar-refractivity contribution in [2.24, 2.45) is 5.41 Å². The van der Waals surface area contributed by atoms with Gasteiger partial charge < -0.3 is 10.2 Å². The van der Waals surface area contributed by atoms with Gasteiger partial charge in [-0.15, -0.1) is 0 Å². The quantitative estimate of drug-likeness (QED) is 0.924. The van der Waals surface area contributed by atoms with Crippen molar-refractivity contribution < 1.29 is 4.79 Å². The monoisotopic (exact) mass is 308 g/mol. The highest BCUT2D eigenvalue weighted by atomic mass is 35.5. The van der Waals surface area contributed by atoms with E-state index < -0.39 is 0 Å². The van der Waals surface area contributed by atoms with Gasteiger partial charge in [-0.3, -0.25) is 4.79 Å². The van der Waals surface area contributed by atoms with Gasteiger partial charge in [0, 0.05) is 31.1 Å². The Hall–Kier alpha value is -1.06. The van der Waals surface area contributed by atoms with Crippen LogP contribution in [0.3, 0.4) is 0 Å². The van der Waals surface area contributed by atoms with Crippen LogP contribution in [-0.4, -0.2) is 30.4 Å². The smallest absolute Gasteiger partial charge is 0.223 e. The highest BCUT2D eigenvalue weighted by molar-refractivity contribution is 6.31. The standard InChI is InChI=1S/C17H25ClN2O/c1-17(2,3)9-8-16(21)20-11-10-19-12-15(20)13-6-4-5-7-14(13)18/h4-7,15,19H,8-12H2,1-3H3. The molecular formula is C17H25ClN2O. The number of rotatable bonds is 3. The summed E-state index contributed by atoms with van der Waals surface area (Å²) in [5.74, 6) is 0.233. The summed E-state index contributed by atoms with van der Waals surface area (Å²) in [6.07, 6.45) is 1.51. The third-order valence-electron chi connectivity index (χ3n) is 3.92. The van der Waals surface area contributed by atoms with Crippen molar-refractivity contribution in [1.29, 1.82) is 0 Å². The summed E-state index contributed by atoms with van der Waals surface area (Å²) in [6, 6.07) is 7.86. The Bertz CT molecular complexity index is 496. The molecular weight excluding hydrogens is 284 g/mol. The normalized spacial score (nSPS) is 19.6. The van der Waals surface area contributed by atoms with E-state index in [0.717, 1.165) is 36.6 Å². The van der Waals surface area contributed by atoms with Gasteiger partial charge in [-0.2, -0.15) is 0 Å². The lowest BCUT2D eigenvalue weighted by atomic mass is 9.90. The predicted molar refractivity (Wildman–Crippen MR) is 87.5 cm³/mol. The third kappa shape index (κ3) is 4.45. The van der Waals surface area contributed by atoms with Gasteiger partial charge in [0.2, 0.25) is 5.91 Å². The van der Waals surface area contributed by atoms with Crippen molar-refractivity contribution in [2.75, 3.05) is 19.6 Å². The fourth-order valence-electron chi connectivity index (χ4n) is 2.65. The van der Waals surface area contributed by atoms with E-state index in [1.807, 2.05) is 29.2 Å². The van der Waals surface area contributed by atoms with Crippen molar-refractivity contribution in [3.05, 3.63) is 34.9 Å². The SMILES string of the molecule is CC(C)(C)CCC(=O)N1CCNCC1c1ccccc1Cl. The van der Waals surface area contributed by atoms with Crippen LogP contribution in [0.2, 0.25) is 5.02 Å². The van der Waals surface area contributed by atoms with E-state index in [9.17, 15) is 4.79 Å². The number of halogens is 1. The van der Waals surface area contributed by atoms with Gasteiger partial charge in [-0.05, 0) is 23.5 Å². The highest BCUT2D eigenvalue weighted by Gasteiger charge is 2.29. The molecule has 0 bridgehead atoms. The number of hydrogen-bond acceptors (Lipinski definition) is 2. The van der Waals surface area contributed by atoms with Crippen LogP contribution in [0.25, 0.3) is 0 Å². The summed E-state index contributed by atoms with van der Waals surface area (Å²) in [6.45, 7) is 8.88. The van der Waals surface area contributed by atoms with Crippen LogP contribution in [-0.2, 0) is 4.79 Å². The minimum absolute atomic E-state index is 0.0416. The summed E-state index contributed by atoms with van der Waals surface area (Å²) in [5, 5.41) is 4.10. The molecule has 1 aromatic carbocycles. The molecule has 1 N–H and O–H groups in total. The zero-order chi connectivity index (χ0) is 15.5. The van der Waals surface area contributed by atoms with Gasteiger partial charge in [0.1, 0.15) is 0 Å². The molecule has 0 radical (unpaired) electrons. The van der Waals surface area contributed by atoms with Crippen molar-refractivity contribution in [3.8, 4) is 0 Å². The molecule has 1 aliphatic rings. The maximum Gasteiger partial charge on any atom is 0.223 e. The van der Waals surface area contributed by atoms with Gasteiger partial charge in [0.25, 0.3) is 0 Å². The van der Waals surface area contributed by atoms with Crippen LogP contribution < -0.4 is 5.32 Å². The first-order chi connectivity index (χ1) is 9.88. The Kier molecular flexibility index (Phi) is 5.28. The van der Waals surface area contributed by atoms with Gasteiger partial charge in [-0.1, -0.05) is 50.6 Å². The zero-order valence-corrected chi connectivity index (χ0v) is 13.9. The molecule has 21 heavy (non-hydrogen) atoms. The van der Waals surface area contributed by atoms with E-state index in [2.05, 4.69) is 26.1 Å². The Balaban J connectivity index is 2.12. The third-order valence-corrected chi connectivity index (χ3v) is 4.26. The molecule has 3 nitrogen and oxygen atoms in total. The molecule has 1 heterocycles. The summed E-state index contributed by atoms with van der Waals surface area (Å²) in [7, 11) is 0. The van der Waals surface area contributed by atoms with Crippen LogP contribution in [0.4, 0.5) is 0 Å². The van der Waals surface area contributed by atoms with Crippen LogP contribution in [0.1, 0.15) is 45.2 Å². The summed E-state index contributed by atoms with van der Waals surface area (Å²) in [4.78, 5) is 14.6. The van der Waals surface area contributed by atoms with Crippen molar-refractivity contribution in [3.63, 3.8) is 0 Å². The molecule has 1 fully saturated rings. The van der Waals surface area contributed by atoms with Gasteiger partial charge in [0.15, 0.2) is 0 Å². The molecule has 1 saturated heterocycles. The molecule has 4 heteroatoms. The molecule has 1 amide bonds. The number of carbonyl (C=O) groups is 1. The maximum absolute atomic E-state index is 12.6. The maximum atomic E-state index is 12.6. The molecule has 0 aliphatic carbocycles. The Labute approximate surface area is 132 Å². The second kappa shape index (κ2) is 6.80. The van der Waals surface area contributed by atoms with Crippen LogP contribution in [0.5, 0.6) is 0 Å².